The number of thioether (sulfide) groups is 1. The van der Waals surface area contributed by atoms with Crippen LogP contribution in [-0.4, -0.2) is 11.7 Å². The van der Waals surface area contributed by atoms with Crippen molar-refractivity contribution in [1.82, 2.24) is 0 Å². The van der Waals surface area contributed by atoms with Gasteiger partial charge in [0.2, 0.25) is 5.91 Å². The van der Waals surface area contributed by atoms with Gasteiger partial charge in [-0.15, -0.1) is 11.8 Å². The summed E-state index contributed by atoms with van der Waals surface area (Å²) < 4.78 is 13.1. The normalized spacial score (nSPS) is 10.3. The molecule has 0 saturated heterocycles. The van der Waals surface area contributed by atoms with Gasteiger partial charge in [-0.3, -0.25) is 4.79 Å². The first-order chi connectivity index (χ1) is 9.56. The molecule has 5 heteroatoms. The summed E-state index contributed by atoms with van der Waals surface area (Å²) in [4.78, 5) is 12.7. The Morgan fingerprint density at radius 1 is 1.30 bits per heavy atom. The number of anilines is 2. The fourth-order valence-corrected chi connectivity index (χ4v) is 2.44. The predicted octanol–water partition coefficient (Wildman–Crippen LogP) is 3.45. The highest BCUT2D eigenvalue weighted by atomic mass is 32.2. The van der Waals surface area contributed by atoms with Crippen molar-refractivity contribution >= 4 is 29.0 Å². The summed E-state index contributed by atoms with van der Waals surface area (Å²) in [5, 5.41) is 2.70. The summed E-state index contributed by atoms with van der Waals surface area (Å²) >= 11 is 1.35. The Morgan fingerprint density at radius 3 is 2.80 bits per heavy atom. The molecule has 2 aromatic rings. The Hall–Kier alpha value is -2.01. The first-order valence-corrected chi connectivity index (χ1v) is 7.08. The molecule has 2 rings (SSSR count). The van der Waals surface area contributed by atoms with E-state index < -0.39 is 0 Å². The number of nitrogens with two attached hydrogens (primary N) is 1. The molecule has 0 aliphatic heterocycles. The zero-order valence-corrected chi connectivity index (χ0v) is 11.8. The third kappa shape index (κ3) is 3.74. The Labute approximate surface area is 121 Å². The molecule has 1 amide bonds. The fraction of sp³-hybridized carbons (Fsp3) is 0.133. The largest absolute Gasteiger partial charge is 0.398 e. The molecule has 0 spiro atoms. The fourth-order valence-electron chi connectivity index (χ4n) is 1.67. The molecule has 0 radical (unpaired) electrons. The van der Waals surface area contributed by atoms with Crippen molar-refractivity contribution in [3.63, 3.8) is 0 Å². The molecule has 3 N–H and O–H groups in total. The molecule has 20 heavy (non-hydrogen) atoms. The standard InChI is InChI=1S/C15H15FN2OS/c1-10-6-7-11(16)8-13(10)18-15(19)9-20-14-5-3-2-4-12(14)17/h2-8H,9,17H2,1H3,(H,18,19). The SMILES string of the molecule is Cc1ccc(F)cc1NC(=O)CSc1ccccc1N. The van der Waals surface area contributed by atoms with Gasteiger partial charge in [-0.1, -0.05) is 18.2 Å². The molecular weight excluding hydrogens is 275 g/mol. The van der Waals surface area contributed by atoms with E-state index in [-0.39, 0.29) is 17.5 Å². The molecule has 0 heterocycles. The molecule has 2 aromatic carbocycles. The minimum atomic E-state index is -0.370. The lowest BCUT2D eigenvalue weighted by molar-refractivity contribution is -0.113. The maximum absolute atomic E-state index is 13.1. The van der Waals surface area contributed by atoms with E-state index in [1.807, 2.05) is 25.1 Å². The van der Waals surface area contributed by atoms with Gasteiger partial charge in [-0.2, -0.15) is 0 Å². The summed E-state index contributed by atoms with van der Waals surface area (Å²) in [7, 11) is 0. The maximum Gasteiger partial charge on any atom is 0.234 e. The predicted molar refractivity (Wildman–Crippen MR) is 81.3 cm³/mol. The van der Waals surface area contributed by atoms with E-state index in [0.29, 0.717) is 11.4 Å². The minimum absolute atomic E-state index is 0.188. The van der Waals surface area contributed by atoms with Gasteiger partial charge in [0, 0.05) is 16.3 Å². The third-order valence-electron chi connectivity index (χ3n) is 2.75. The van der Waals surface area contributed by atoms with Crippen LogP contribution in [0.4, 0.5) is 15.8 Å². The topological polar surface area (TPSA) is 55.1 Å². The van der Waals surface area contributed by atoms with Crippen LogP contribution in [-0.2, 0) is 4.79 Å². The van der Waals surface area contributed by atoms with Crippen LogP contribution in [0.3, 0.4) is 0 Å². The van der Waals surface area contributed by atoms with E-state index in [1.165, 1.54) is 23.9 Å². The second-order valence-electron chi connectivity index (χ2n) is 4.33. The van der Waals surface area contributed by atoms with Crippen molar-refractivity contribution in [2.45, 2.75) is 11.8 Å². The first-order valence-electron chi connectivity index (χ1n) is 6.09. The lowest BCUT2D eigenvalue weighted by Gasteiger charge is -2.09. The van der Waals surface area contributed by atoms with E-state index in [1.54, 1.807) is 12.1 Å². The average Bonchev–Trinajstić information content (AvgIpc) is 2.42. The van der Waals surface area contributed by atoms with Gasteiger partial charge in [0.1, 0.15) is 5.82 Å². The second-order valence-corrected chi connectivity index (χ2v) is 5.35. The zero-order chi connectivity index (χ0) is 14.5. The number of amides is 1. The van der Waals surface area contributed by atoms with Crippen LogP contribution in [0.1, 0.15) is 5.56 Å². The highest BCUT2D eigenvalue weighted by Crippen LogP contribution is 2.24. The number of rotatable bonds is 4. The Kier molecular flexibility index (Phi) is 4.63. The van der Waals surface area contributed by atoms with Crippen molar-refractivity contribution in [2.24, 2.45) is 0 Å². The smallest absolute Gasteiger partial charge is 0.234 e. The number of aryl methyl sites for hydroxylation is 1. The van der Waals surface area contributed by atoms with Crippen LogP contribution in [0.15, 0.2) is 47.4 Å². The van der Waals surface area contributed by atoms with Crippen LogP contribution in [0, 0.1) is 12.7 Å². The summed E-state index contributed by atoms with van der Waals surface area (Å²) in [6, 6.07) is 11.7. The number of halogens is 1. The maximum atomic E-state index is 13.1. The number of benzene rings is 2. The van der Waals surface area contributed by atoms with Gasteiger partial charge in [-0.25, -0.2) is 4.39 Å². The number of nitrogens with one attached hydrogen (secondary N) is 1. The van der Waals surface area contributed by atoms with Crippen molar-refractivity contribution in [2.75, 3.05) is 16.8 Å². The van der Waals surface area contributed by atoms with E-state index in [4.69, 9.17) is 5.73 Å². The van der Waals surface area contributed by atoms with Gasteiger partial charge in [-0.05, 0) is 36.8 Å². The van der Waals surface area contributed by atoms with Gasteiger partial charge in [0.25, 0.3) is 0 Å². The Balaban J connectivity index is 1.96. The van der Waals surface area contributed by atoms with Crippen molar-refractivity contribution in [3.05, 3.63) is 53.8 Å². The molecular formula is C15H15FN2OS. The highest BCUT2D eigenvalue weighted by molar-refractivity contribution is 8.00. The molecule has 0 saturated carbocycles. The van der Waals surface area contributed by atoms with Crippen LogP contribution >= 0.6 is 11.8 Å². The average molecular weight is 290 g/mol. The third-order valence-corrected chi connectivity index (χ3v) is 3.84. The molecule has 0 aliphatic carbocycles. The molecule has 0 aliphatic rings. The number of para-hydroxylation sites is 1. The van der Waals surface area contributed by atoms with E-state index >= 15 is 0 Å². The Morgan fingerprint density at radius 2 is 2.05 bits per heavy atom. The monoisotopic (exact) mass is 290 g/mol. The van der Waals surface area contributed by atoms with Gasteiger partial charge >= 0.3 is 0 Å². The summed E-state index contributed by atoms with van der Waals surface area (Å²) in [6.07, 6.45) is 0. The van der Waals surface area contributed by atoms with E-state index in [0.717, 1.165) is 10.5 Å². The number of carbonyl (C=O) groups is 1. The lowest BCUT2D eigenvalue weighted by atomic mass is 10.2. The van der Waals surface area contributed by atoms with Gasteiger partial charge in [0.05, 0.1) is 5.75 Å². The quantitative estimate of drug-likeness (QED) is 0.670. The minimum Gasteiger partial charge on any atom is -0.398 e. The molecule has 0 unspecified atom stereocenters. The van der Waals surface area contributed by atoms with Crippen molar-refractivity contribution in [3.8, 4) is 0 Å². The summed E-state index contributed by atoms with van der Waals surface area (Å²) in [5.41, 5.74) is 7.77. The molecule has 0 atom stereocenters. The molecule has 0 fully saturated rings. The number of hydrogen-bond acceptors (Lipinski definition) is 3. The van der Waals surface area contributed by atoms with E-state index in [9.17, 15) is 9.18 Å². The van der Waals surface area contributed by atoms with Crippen LogP contribution in [0.5, 0.6) is 0 Å². The second kappa shape index (κ2) is 6.43. The van der Waals surface area contributed by atoms with Crippen LogP contribution in [0.25, 0.3) is 0 Å². The highest BCUT2D eigenvalue weighted by Gasteiger charge is 2.07. The van der Waals surface area contributed by atoms with Gasteiger partial charge < -0.3 is 11.1 Å². The first kappa shape index (κ1) is 14.4. The Bertz CT molecular complexity index is 631. The molecule has 3 nitrogen and oxygen atoms in total. The lowest BCUT2D eigenvalue weighted by Crippen LogP contribution is -2.15. The van der Waals surface area contributed by atoms with Crippen molar-refractivity contribution < 1.29 is 9.18 Å². The number of nitrogen functional groups attached to an aromatic ring is 1. The molecule has 0 bridgehead atoms. The zero-order valence-electron chi connectivity index (χ0n) is 11.0. The van der Waals surface area contributed by atoms with Crippen molar-refractivity contribution in [1.29, 1.82) is 0 Å². The molecule has 104 valence electrons. The van der Waals surface area contributed by atoms with Crippen LogP contribution < -0.4 is 11.1 Å². The molecule has 0 aromatic heterocycles. The summed E-state index contributed by atoms with van der Waals surface area (Å²) in [6.45, 7) is 1.82. The van der Waals surface area contributed by atoms with Gasteiger partial charge in [0.15, 0.2) is 0 Å². The van der Waals surface area contributed by atoms with E-state index in [2.05, 4.69) is 5.32 Å². The number of carbonyl (C=O) groups excluding carboxylic acids is 1. The summed E-state index contributed by atoms with van der Waals surface area (Å²) in [5.74, 6) is -0.331. The van der Waals surface area contributed by atoms with Crippen LogP contribution in [0.2, 0.25) is 0 Å². The number of hydrogen-bond donors (Lipinski definition) is 2.